The van der Waals surface area contributed by atoms with Crippen molar-refractivity contribution in [1.29, 1.82) is 0 Å². The Hall–Kier alpha value is -8.98. The lowest BCUT2D eigenvalue weighted by Crippen LogP contribution is -2.16. The number of hydrogen-bond acceptors (Lipinski definition) is 2. The fraction of sp³-hybridized carbons (Fsp3) is 0.154. The molecule has 3 atom stereocenters. The summed E-state index contributed by atoms with van der Waals surface area (Å²) in [5, 5.41) is 0. The molecule has 2 fully saturated rings. The topological polar surface area (TPSA) is 6.48 Å². The molecule has 15 rings (SSSR count). The van der Waals surface area contributed by atoms with Gasteiger partial charge in [-0.15, -0.1) is 0 Å². The van der Waals surface area contributed by atoms with Crippen molar-refractivity contribution in [3.8, 4) is 55.6 Å². The molecule has 2 bridgehead atoms. The molecule has 4 aliphatic rings. The quantitative estimate of drug-likeness (QED) is 0.142. The minimum atomic E-state index is -0.0959. The second-order valence-corrected chi connectivity index (χ2v) is 23.6. The second kappa shape index (κ2) is 19.7. The van der Waals surface area contributed by atoms with Crippen molar-refractivity contribution in [2.75, 3.05) is 9.80 Å². The molecular weight excluding hydrogens is 965 g/mol. The molecule has 3 unspecified atom stereocenters. The first-order valence-corrected chi connectivity index (χ1v) is 29.1. The summed E-state index contributed by atoms with van der Waals surface area (Å²) in [6.07, 6.45) is 7.03. The largest absolute Gasteiger partial charge is 0.310 e. The maximum atomic E-state index is 2.55. The van der Waals surface area contributed by atoms with E-state index in [2.05, 4.69) is 285 Å². The highest BCUT2D eigenvalue weighted by Crippen LogP contribution is 2.55. The highest BCUT2D eigenvalue weighted by atomic mass is 15.2. The van der Waals surface area contributed by atoms with E-state index in [-0.39, 0.29) is 5.41 Å². The zero-order chi connectivity index (χ0) is 53.3. The molecular formula is C78H64N2. The van der Waals surface area contributed by atoms with Gasteiger partial charge in [-0.1, -0.05) is 208 Å². The van der Waals surface area contributed by atoms with Crippen molar-refractivity contribution >= 4 is 34.1 Å². The molecule has 80 heavy (non-hydrogen) atoms. The van der Waals surface area contributed by atoms with Crippen LogP contribution >= 0.6 is 0 Å². The van der Waals surface area contributed by atoms with Crippen LogP contribution in [0, 0.1) is 11.8 Å². The summed E-state index contributed by atoms with van der Waals surface area (Å²) in [5.41, 5.74) is 28.8. The Morgan fingerprint density at radius 2 is 0.787 bits per heavy atom. The van der Waals surface area contributed by atoms with Crippen LogP contribution in [0.5, 0.6) is 0 Å². The van der Waals surface area contributed by atoms with Gasteiger partial charge in [0.2, 0.25) is 0 Å². The third-order valence-electron chi connectivity index (χ3n) is 18.6. The van der Waals surface area contributed by atoms with Gasteiger partial charge in [0.05, 0.1) is 11.4 Å². The van der Waals surface area contributed by atoms with E-state index in [0.29, 0.717) is 5.92 Å². The van der Waals surface area contributed by atoms with E-state index in [0.717, 1.165) is 53.1 Å². The van der Waals surface area contributed by atoms with E-state index >= 15 is 0 Å². The van der Waals surface area contributed by atoms with Crippen LogP contribution in [0.4, 0.5) is 34.1 Å². The van der Waals surface area contributed by atoms with Crippen LogP contribution in [0.25, 0.3) is 55.6 Å². The van der Waals surface area contributed by atoms with Gasteiger partial charge in [-0.05, 0) is 206 Å². The smallest absolute Gasteiger partial charge is 0.0543 e. The molecule has 0 aromatic heterocycles. The Bertz CT molecular complexity index is 4060. The summed E-state index contributed by atoms with van der Waals surface area (Å²) in [5.74, 6) is 2.40. The Morgan fingerprint density at radius 1 is 0.325 bits per heavy atom. The molecule has 0 radical (unpaired) electrons. The fourth-order valence-electron chi connectivity index (χ4n) is 14.8. The maximum Gasteiger partial charge on any atom is 0.0543 e. The van der Waals surface area contributed by atoms with E-state index < -0.39 is 0 Å². The van der Waals surface area contributed by atoms with Crippen LogP contribution < -0.4 is 9.80 Å². The Balaban J connectivity index is 0.953. The molecule has 386 valence electrons. The molecule has 2 nitrogen and oxygen atoms in total. The molecule has 0 N–H and O–H groups in total. The van der Waals surface area contributed by atoms with Gasteiger partial charge in [-0.2, -0.15) is 0 Å². The summed E-state index contributed by atoms with van der Waals surface area (Å²) in [7, 11) is 0. The van der Waals surface area contributed by atoms with E-state index in [4.69, 9.17) is 0 Å². The predicted molar refractivity (Wildman–Crippen MR) is 335 cm³/mol. The summed E-state index contributed by atoms with van der Waals surface area (Å²) in [6.45, 7) is 4.74. The monoisotopic (exact) mass is 1030 g/mol. The molecule has 0 aliphatic heterocycles. The van der Waals surface area contributed by atoms with Crippen molar-refractivity contribution in [3.05, 3.63) is 300 Å². The van der Waals surface area contributed by atoms with Gasteiger partial charge < -0.3 is 9.80 Å². The van der Waals surface area contributed by atoms with Crippen molar-refractivity contribution in [2.24, 2.45) is 11.8 Å². The third-order valence-corrected chi connectivity index (χ3v) is 18.6. The van der Waals surface area contributed by atoms with Gasteiger partial charge in [-0.25, -0.2) is 0 Å². The average Bonchev–Trinajstić information content (AvgIpc) is 4.31. The molecule has 11 aromatic rings. The highest BCUT2D eigenvalue weighted by Gasteiger charge is 2.40. The van der Waals surface area contributed by atoms with Crippen molar-refractivity contribution in [3.63, 3.8) is 0 Å². The van der Waals surface area contributed by atoms with Gasteiger partial charge >= 0.3 is 0 Å². The normalized spacial score (nSPS) is 17.1. The number of para-hydroxylation sites is 3. The Morgan fingerprint density at radius 3 is 1.31 bits per heavy atom. The van der Waals surface area contributed by atoms with Gasteiger partial charge in [0.25, 0.3) is 0 Å². The lowest BCUT2D eigenvalue weighted by atomic mass is 9.81. The van der Waals surface area contributed by atoms with E-state index in [1.807, 2.05) is 0 Å². The molecule has 11 aromatic carbocycles. The number of anilines is 6. The molecule has 2 saturated carbocycles. The van der Waals surface area contributed by atoms with Crippen LogP contribution in [0.15, 0.2) is 261 Å². The number of benzene rings is 11. The maximum absolute atomic E-state index is 2.55. The van der Waals surface area contributed by atoms with Crippen molar-refractivity contribution in [2.45, 2.75) is 63.7 Å². The SMILES string of the molecule is CC1(C)c2ccccc2-c2cc(N(c3ccccc3)c3cc4c(cc3-c3ccccc3)-c3ccccc3Cc3cc(N(c5ccccc5)c5ccccc5)c(-c5ccc(C6CC7CCC6C7)cc5)cc3-c3ccccc3C4)ccc21. The zero-order valence-electron chi connectivity index (χ0n) is 45.7. The number of nitrogens with zero attached hydrogens (tertiary/aromatic N) is 2. The molecule has 0 amide bonds. The molecule has 0 heterocycles. The average molecular weight is 1030 g/mol. The zero-order valence-corrected chi connectivity index (χ0v) is 45.7. The Kier molecular flexibility index (Phi) is 11.9. The summed E-state index contributed by atoms with van der Waals surface area (Å²) < 4.78 is 0. The first-order chi connectivity index (χ1) is 39.4. The second-order valence-electron chi connectivity index (χ2n) is 23.6. The fourth-order valence-corrected chi connectivity index (χ4v) is 14.8. The van der Waals surface area contributed by atoms with Crippen LogP contribution in [-0.2, 0) is 18.3 Å². The third kappa shape index (κ3) is 8.31. The van der Waals surface area contributed by atoms with Crippen LogP contribution in [0.2, 0.25) is 0 Å². The Labute approximate surface area is 472 Å². The first-order valence-electron chi connectivity index (χ1n) is 29.1. The van der Waals surface area contributed by atoms with Gasteiger partial charge in [0, 0.05) is 39.3 Å². The summed E-state index contributed by atoms with van der Waals surface area (Å²) in [6, 6.07) is 98.6. The lowest BCUT2D eigenvalue weighted by molar-refractivity contribution is 0.420. The van der Waals surface area contributed by atoms with Crippen LogP contribution in [0.1, 0.15) is 84.4 Å². The van der Waals surface area contributed by atoms with E-state index in [1.165, 1.54) is 126 Å². The standard InChI is InChI=1S/C78H64N2/c1-78(2)74-34-20-19-33-67(74)73-49-64(41-42-75(73)78)80(63-29-13-6-14-30-63)77-48-60-46-57-24-16-18-32-66(57)70-51-72(55-39-37-54(38-40-55)68-44-52-35-36-58(68)43-52)76(79(61-25-9-4-10-26-61)62-27-11-5-12-28-62)47-59(70)45-56-23-15-17-31-65(56)69(60)50-71(77)53-21-7-3-8-22-53/h3-34,37-42,47-52,58,68H,35-36,43-46H2,1-2H3. The van der Waals surface area contributed by atoms with E-state index in [1.54, 1.807) is 0 Å². The molecule has 2 heteroatoms. The minimum Gasteiger partial charge on any atom is -0.310 e. The van der Waals surface area contributed by atoms with Crippen molar-refractivity contribution in [1.82, 2.24) is 0 Å². The lowest BCUT2D eigenvalue weighted by Gasteiger charge is -2.31. The molecule has 0 saturated heterocycles. The van der Waals surface area contributed by atoms with Gasteiger partial charge in [-0.3, -0.25) is 0 Å². The predicted octanol–water partition coefficient (Wildman–Crippen LogP) is 21.0. The highest BCUT2D eigenvalue weighted by molar-refractivity contribution is 5.96. The van der Waals surface area contributed by atoms with Crippen LogP contribution in [-0.4, -0.2) is 0 Å². The molecule has 0 spiro atoms. The summed E-state index contributed by atoms with van der Waals surface area (Å²) >= 11 is 0. The van der Waals surface area contributed by atoms with Crippen molar-refractivity contribution < 1.29 is 0 Å². The number of hydrogen-bond donors (Lipinski definition) is 0. The van der Waals surface area contributed by atoms with Crippen LogP contribution in [0.3, 0.4) is 0 Å². The number of fused-ring (bicyclic) bond motifs is 11. The number of rotatable bonds is 9. The molecule has 4 aliphatic carbocycles. The van der Waals surface area contributed by atoms with E-state index in [9.17, 15) is 0 Å². The van der Waals surface area contributed by atoms with Gasteiger partial charge in [0.1, 0.15) is 0 Å². The minimum absolute atomic E-state index is 0.0959. The first kappa shape index (κ1) is 48.2. The van der Waals surface area contributed by atoms with Gasteiger partial charge in [0.15, 0.2) is 0 Å². The summed E-state index contributed by atoms with van der Waals surface area (Å²) in [4.78, 5) is 5.00.